The van der Waals surface area contributed by atoms with E-state index in [0.29, 0.717) is 17.1 Å². The predicted octanol–water partition coefficient (Wildman–Crippen LogP) is 1.86. The second-order valence-electron chi connectivity index (χ2n) is 6.25. The second kappa shape index (κ2) is 7.47. The van der Waals surface area contributed by atoms with Gasteiger partial charge in [-0.05, 0) is 30.4 Å². The van der Waals surface area contributed by atoms with Gasteiger partial charge in [0.05, 0.1) is 26.0 Å². The maximum atomic E-state index is 12.4. The number of aromatic amines is 1. The molecule has 1 aromatic heterocycles. The van der Waals surface area contributed by atoms with Crippen molar-refractivity contribution in [3.8, 4) is 17.4 Å². The fourth-order valence-corrected chi connectivity index (χ4v) is 3.34. The molecule has 9 nitrogen and oxygen atoms in total. The molecule has 0 saturated carbocycles. The van der Waals surface area contributed by atoms with Crippen LogP contribution in [0.4, 0.5) is 0 Å². The molecule has 0 fully saturated rings. The van der Waals surface area contributed by atoms with Crippen LogP contribution >= 0.6 is 12.2 Å². The number of hydrazone groups is 1. The van der Waals surface area contributed by atoms with E-state index >= 15 is 0 Å². The van der Waals surface area contributed by atoms with Crippen LogP contribution < -0.4 is 15.0 Å². The van der Waals surface area contributed by atoms with Gasteiger partial charge < -0.3 is 14.6 Å². The van der Waals surface area contributed by atoms with Gasteiger partial charge in [-0.15, -0.1) is 0 Å². The number of H-pyrrole nitrogens is 1. The Balaban J connectivity index is 2.13. The Hall–Kier alpha value is -3.14. The lowest BCUT2D eigenvalue weighted by Gasteiger charge is -2.22. The molecular formula is C18H20N4O5S. The lowest BCUT2D eigenvalue weighted by molar-refractivity contribution is -0.130. The molecule has 2 N–H and O–H groups in total. The molecule has 0 radical (unpaired) electrons. The number of aromatic hydroxyl groups is 1. The summed E-state index contributed by atoms with van der Waals surface area (Å²) in [6, 6.07) is 4.72. The van der Waals surface area contributed by atoms with Gasteiger partial charge in [-0.2, -0.15) is 5.10 Å². The number of rotatable bonds is 4. The van der Waals surface area contributed by atoms with Gasteiger partial charge in [0.15, 0.2) is 4.77 Å². The predicted molar refractivity (Wildman–Crippen MR) is 104 cm³/mol. The summed E-state index contributed by atoms with van der Waals surface area (Å²) in [6.07, 6.45) is 0.205. The van der Waals surface area contributed by atoms with Crippen LogP contribution in [0.15, 0.2) is 28.1 Å². The first kappa shape index (κ1) is 19.6. The molecule has 3 rings (SSSR count). The molecule has 28 heavy (non-hydrogen) atoms. The number of amides is 1. The molecule has 0 aliphatic carbocycles. The Morgan fingerprint density at radius 1 is 1.36 bits per heavy atom. The van der Waals surface area contributed by atoms with Crippen molar-refractivity contribution in [3.05, 3.63) is 44.5 Å². The summed E-state index contributed by atoms with van der Waals surface area (Å²) in [5, 5.41) is 16.0. The Kier molecular flexibility index (Phi) is 5.23. The van der Waals surface area contributed by atoms with E-state index in [0.717, 1.165) is 0 Å². The average molecular weight is 404 g/mol. The molecule has 0 unspecified atom stereocenters. The summed E-state index contributed by atoms with van der Waals surface area (Å²) in [7, 11) is 4.59. The number of hydrogen-bond donors (Lipinski definition) is 2. The Morgan fingerprint density at radius 2 is 2.07 bits per heavy atom. The first-order valence-electron chi connectivity index (χ1n) is 8.40. The molecule has 2 heterocycles. The molecule has 0 bridgehead atoms. The highest BCUT2D eigenvalue weighted by atomic mass is 32.1. The molecule has 0 spiro atoms. The first-order chi connectivity index (χ1) is 13.3. The molecule has 0 saturated heterocycles. The van der Waals surface area contributed by atoms with Crippen LogP contribution in [0.5, 0.6) is 17.4 Å². The van der Waals surface area contributed by atoms with E-state index in [4.69, 9.17) is 21.7 Å². The van der Waals surface area contributed by atoms with Gasteiger partial charge in [0, 0.05) is 26.0 Å². The maximum absolute atomic E-state index is 12.4. The largest absolute Gasteiger partial charge is 0.497 e. The van der Waals surface area contributed by atoms with Crippen molar-refractivity contribution in [2.24, 2.45) is 12.1 Å². The molecule has 1 aliphatic rings. The number of nitrogens with one attached hydrogen (secondary N) is 1. The fraction of sp³-hybridized carbons (Fsp3) is 0.333. The number of carbonyl (C=O) groups is 1. The highest BCUT2D eigenvalue weighted by Gasteiger charge is 2.35. The van der Waals surface area contributed by atoms with Crippen LogP contribution in [0.2, 0.25) is 0 Å². The quantitative estimate of drug-likeness (QED) is 0.753. The van der Waals surface area contributed by atoms with Crippen molar-refractivity contribution in [1.29, 1.82) is 0 Å². The Bertz CT molecular complexity index is 1090. The van der Waals surface area contributed by atoms with Crippen LogP contribution in [0.25, 0.3) is 0 Å². The molecule has 1 amide bonds. The van der Waals surface area contributed by atoms with Gasteiger partial charge in [0.1, 0.15) is 17.1 Å². The summed E-state index contributed by atoms with van der Waals surface area (Å²) in [5.74, 6) is 0.521. The van der Waals surface area contributed by atoms with Gasteiger partial charge in [-0.1, -0.05) is 0 Å². The standard InChI is InChI=1S/C18H20N4O5S/c1-9(23)22-13(11-7-10(26-3)5-6-14(11)27-4)8-12(20-22)15-16(24)19-18(28)21(2)17(15)25/h5-7,13,25H,8H2,1-4H3,(H,19,24,28)/t13-/m1/s1. The third-order valence-electron chi connectivity index (χ3n) is 4.61. The SMILES string of the molecule is COc1ccc(OC)c([C@H]2CC(c3c(O)n(C)c(=S)[nH]c3=O)=NN2C(C)=O)c1. The van der Waals surface area contributed by atoms with Gasteiger partial charge in [-0.3, -0.25) is 19.1 Å². The minimum absolute atomic E-state index is 0.0216. The van der Waals surface area contributed by atoms with Crippen LogP contribution in [0.1, 0.15) is 30.5 Å². The highest BCUT2D eigenvalue weighted by Crippen LogP contribution is 2.39. The molecule has 1 aromatic carbocycles. The summed E-state index contributed by atoms with van der Waals surface area (Å²) in [6.45, 7) is 1.38. The molecule has 2 aromatic rings. The zero-order chi connectivity index (χ0) is 20.6. The van der Waals surface area contributed by atoms with Crippen molar-refractivity contribution in [1.82, 2.24) is 14.6 Å². The topological polar surface area (TPSA) is 109 Å². The van der Waals surface area contributed by atoms with E-state index in [1.807, 2.05) is 0 Å². The molecule has 10 heteroatoms. The number of methoxy groups -OCH3 is 2. The van der Waals surface area contributed by atoms with Gasteiger partial charge >= 0.3 is 0 Å². The fourth-order valence-electron chi connectivity index (χ4n) is 3.16. The normalized spacial score (nSPS) is 16.1. The van der Waals surface area contributed by atoms with Gasteiger partial charge in [-0.25, -0.2) is 5.01 Å². The van der Waals surface area contributed by atoms with E-state index in [2.05, 4.69) is 10.1 Å². The number of nitrogens with zero attached hydrogens (tertiary/aromatic N) is 3. The van der Waals surface area contributed by atoms with Gasteiger partial charge in [0.2, 0.25) is 11.8 Å². The van der Waals surface area contributed by atoms with Crippen LogP contribution in [0, 0.1) is 4.77 Å². The smallest absolute Gasteiger partial charge is 0.264 e. The second-order valence-corrected chi connectivity index (χ2v) is 6.64. The summed E-state index contributed by atoms with van der Waals surface area (Å²) in [5.41, 5.74) is 0.359. The first-order valence-corrected chi connectivity index (χ1v) is 8.81. The van der Waals surface area contributed by atoms with E-state index in [1.54, 1.807) is 25.3 Å². The molecule has 1 aliphatic heterocycles. The lowest BCUT2D eigenvalue weighted by atomic mass is 9.98. The summed E-state index contributed by atoms with van der Waals surface area (Å²) < 4.78 is 12.1. The third-order valence-corrected chi connectivity index (χ3v) is 4.99. The van der Waals surface area contributed by atoms with Crippen molar-refractivity contribution in [3.63, 3.8) is 0 Å². The lowest BCUT2D eigenvalue weighted by Crippen LogP contribution is -2.24. The molecule has 1 atom stereocenters. The van der Waals surface area contributed by atoms with E-state index in [9.17, 15) is 14.7 Å². The van der Waals surface area contributed by atoms with Crippen molar-refractivity contribution < 1.29 is 19.4 Å². The maximum Gasteiger partial charge on any atom is 0.264 e. The Labute approximate surface area is 165 Å². The average Bonchev–Trinajstić information content (AvgIpc) is 3.10. The van der Waals surface area contributed by atoms with Crippen molar-refractivity contribution in [2.45, 2.75) is 19.4 Å². The third kappa shape index (κ3) is 3.26. The highest BCUT2D eigenvalue weighted by molar-refractivity contribution is 7.71. The zero-order valence-corrected chi connectivity index (χ0v) is 16.7. The number of benzene rings is 1. The summed E-state index contributed by atoms with van der Waals surface area (Å²) >= 11 is 5.00. The zero-order valence-electron chi connectivity index (χ0n) is 15.8. The van der Waals surface area contributed by atoms with Crippen molar-refractivity contribution in [2.75, 3.05) is 14.2 Å². The van der Waals surface area contributed by atoms with Crippen molar-refractivity contribution >= 4 is 23.8 Å². The summed E-state index contributed by atoms with van der Waals surface area (Å²) in [4.78, 5) is 27.1. The van der Waals surface area contributed by atoms with Crippen LogP contribution in [-0.4, -0.2) is 45.5 Å². The number of aromatic nitrogens is 2. The number of hydrogen-bond acceptors (Lipinski definition) is 7. The number of carbonyl (C=O) groups excluding carboxylic acids is 1. The van der Waals surface area contributed by atoms with Gasteiger partial charge in [0.25, 0.3) is 5.56 Å². The van der Waals surface area contributed by atoms with Crippen LogP contribution in [-0.2, 0) is 11.8 Å². The van der Waals surface area contributed by atoms with E-state index in [-0.39, 0.29) is 34.3 Å². The minimum Gasteiger partial charge on any atom is -0.497 e. The Morgan fingerprint density at radius 3 is 2.68 bits per heavy atom. The van der Waals surface area contributed by atoms with E-state index in [1.165, 1.54) is 30.7 Å². The molecule has 148 valence electrons. The minimum atomic E-state index is -0.568. The number of ether oxygens (including phenoxy) is 2. The monoisotopic (exact) mass is 404 g/mol. The van der Waals surface area contributed by atoms with E-state index < -0.39 is 11.6 Å². The molecular weight excluding hydrogens is 384 g/mol. The van der Waals surface area contributed by atoms with Crippen LogP contribution in [0.3, 0.4) is 0 Å².